The number of nitrogens with zero attached hydrogens (tertiary/aromatic N) is 1. The van der Waals surface area contributed by atoms with Crippen LogP contribution in [-0.2, 0) is 17.6 Å². The molecule has 0 spiro atoms. The molecule has 0 aliphatic rings. The van der Waals surface area contributed by atoms with Crippen LogP contribution in [0, 0.1) is 0 Å². The molecule has 0 fully saturated rings. The number of aromatic nitrogens is 1. The quantitative estimate of drug-likeness (QED) is 0.592. The molecular formula is C19H16Cl2N2OS. The fourth-order valence-corrected chi connectivity index (χ4v) is 3.43. The van der Waals surface area contributed by atoms with Crippen molar-refractivity contribution in [3.05, 3.63) is 69.0 Å². The second-order valence-corrected chi connectivity index (χ2v) is 7.23. The molecule has 1 heterocycles. The molecule has 3 nitrogen and oxygen atoms in total. The fraction of sp³-hybridized carbons (Fsp3) is 0.158. The van der Waals surface area contributed by atoms with Gasteiger partial charge >= 0.3 is 0 Å². The zero-order chi connectivity index (χ0) is 17.8. The summed E-state index contributed by atoms with van der Waals surface area (Å²) in [5, 5.41) is 6.27. The fourth-order valence-electron chi connectivity index (χ4n) is 2.37. The summed E-state index contributed by atoms with van der Waals surface area (Å²) in [5.41, 5.74) is 3.99. The summed E-state index contributed by atoms with van der Waals surface area (Å²) in [6, 6.07) is 13.5. The van der Waals surface area contributed by atoms with Crippen LogP contribution in [0.2, 0.25) is 10.0 Å². The number of aryl methyl sites for hydroxylation is 1. The Hall–Kier alpha value is -1.88. The second-order valence-electron chi connectivity index (χ2n) is 5.56. The highest BCUT2D eigenvalue weighted by Gasteiger charge is 2.10. The lowest BCUT2D eigenvalue weighted by Gasteiger charge is -2.04. The Morgan fingerprint density at radius 3 is 2.48 bits per heavy atom. The molecule has 3 rings (SSSR count). The van der Waals surface area contributed by atoms with E-state index in [1.54, 1.807) is 18.2 Å². The highest BCUT2D eigenvalue weighted by molar-refractivity contribution is 7.14. The first-order chi connectivity index (χ1) is 12.0. The van der Waals surface area contributed by atoms with Crippen molar-refractivity contribution < 1.29 is 4.79 Å². The van der Waals surface area contributed by atoms with E-state index in [2.05, 4.69) is 41.5 Å². The van der Waals surface area contributed by atoms with Gasteiger partial charge in [0, 0.05) is 10.9 Å². The van der Waals surface area contributed by atoms with Gasteiger partial charge in [-0.15, -0.1) is 11.3 Å². The van der Waals surface area contributed by atoms with Gasteiger partial charge in [-0.1, -0.05) is 60.5 Å². The highest BCUT2D eigenvalue weighted by Crippen LogP contribution is 2.26. The smallest absolute Gasteiger partial charge is 0.230 e. The van der Waals surface area contributed by atoms with Crippen molar-refractivity contribution in [2.24, 2.45) is 0 Å². The first-order valence-corrected chi connectivity index (χ1v) is 9.47. The Balaban J connectivity index is 1.65. The first kappa shape index (κ1) is 17.9. The number of hydrogen-bond donors (Lipinski definition) is 1. The van der Waals surface area contributed by atoms with E-state index in [-0.39, 0.29) is 12.3 Å². The normalized spacial score (nSPS) is 10.7. The Morgan fingerprint density at radius 2 is 1.80 bits per heavy atom. The molecule has 0 aliphatic heterocycles. The summed E-state index contributed by atoms with van der Waals surface area (Å²) in [5.74, 6) is -0.138. The summed E-state index contributed by atoms with van der Waals surface area (Å²) in [4.78, 5) is 16.7. The van der Waals surface area contributed by atoms with Gasteiger partial charge in [-0.2, -0.15) is 0 Å². The van der Waals surface area contributed by atoms with Gasteiger partial charge in [0.25, 0.3) is 0 Å². The zero-order valence-corrected chi connectivity index (χ0v) is 15.9. The van der Waals surface area contributed by atoms with Crippen LogP contribution in [0.15, 0.2) is 47.8 Å². The van der Waals surface area contributed by atoms with Crippen molar-refractivity contribution in [1.29, 1.82) is 0 Å². The Bertz CT molecular complexity index is 891. The van der Waals surface area contributed by atoms with Gasteiger partial charge in [-0.3, -0.25) is 4.79 Å². The Kier molecular flexibility index (Phi) is 5.74. The third kappa shape index (κ3) is 4.60. The van der Waals surface area contributed by atoms with Crippen LogP contribution in [0.25, 0.3) is 11.3 Å². The predicted octanol–water partition coefficient (Wildman–Crippen LogP) is 5.86. The molecule has 0 atom stereocenters. The highest BCUT2D eigenvalue weighted by atomic mass is 35.5. The van der Waals surface area contributed by atoms with Crippen molar-refractivity contribution in [2.75, 3.05) is 5.32 Å². The van der Waals surface area contributed by atoms with Crippen LogP contribution in [0.3, 0.4) is 0 Å². The maximum absolute atomic E-state index is 12.2. The first-order valence-electron chi connectivity index (χ1n) is 7.83. The minimum atomic E-state index is -0.138. The minimum absolute atomic E-state index is 0.138. The lowest BCUT2D eigenvalue weighted by Crippen LogP contribution is -2.14. The average Bonchev–Trinajstić information content (AvgIpc) is 3.06. The molecule has 3 aromatic rings. The summed E-state index contributed by atoms with van der Waals surface area (Å²) in [7, 11) is 0. The molecule has 0 saturated carbocycles. The van der Waals surface area contributed by atoms with Crippen LogP contribution in [0.1, 0.15) is 18.1 Å². The minimum Gasteiger partial charge on any atom is -0.302 e. The van der Waals surface area contributed by atoms with E-state index in [0.717, 1.165) is 23.2 Å². The van der Waals surface area contributed by atoms with Gasteiger partial charge in [0.1, 0.15) is 0 Å². The summed E-state index contributed by atoms with van der Waals surface area (Å²) in [6.07, 6.45) is 1.23. The topological polar surface area (TPSA) is 42.0 Å². The average molecular weight is 391 g/mol. The van der Waals surface area contributed by atoms with Crippen molar-refractivity contribution >= 4 is 45.6 Å². The number of nitrogens with one attached hydrogen (secondary N) is 1. The maximum Gasteiger partial charge on any atom is 0.230 e. The van der Waals surface area contributed by atoms with E-state index in [9.17, 15) is 4.79 Å². The van der Waals surface area contributed by atoms with E-state index in [4.69, 9.17) is 23.2 Å². The van der Waals surface area contributed by atoms with E-state index < -0.39 is 0 Å². The predicted molar refractivity (Wildman–Crippen MR) is 106 cm³/mol. The van der Waals surface area contributed by atoms with Crippen molar-refractivity contribution in [3.8, 4) is 11.3 Å². The van der Waals surface area contributed by atoms with Crippen LogP contribution in [-0.4, -0.2) is 10.9 Å². The van der Waals surface area contributed by atoms with Crippen LogP contribution in [0.4, 0.5) is 5.13 Å². The van der Waals surface area contributed by atoms with Gasteiger partial charge in [0.05, 0.1) is 22.2 Å². The molecular weight excluding hydrogens is 375 g/mol. The van der Waals surface area contributed by atoms with Crippen molar-refractivity contribution in [3.63, 3.8) is 0 Å². The van der Waals surface area contributed by atoms with E-state index in [1.165, 1.54) is 16.9 Å². The van der Waals surface area contributed by atoms with Gasteiger partial charge in [0.2, 0.25) is 5.91 Å². The Labute approximate surface area is 160 Å². The largest absolute Gasteiger partial charge is 0.302 e. The number of benzene rings is 2. The number of hydrogen-bond acceptors (Lipinski definition) is 3. The standard InChI is InChI=1S/C19H16Cl2N2OS/c1-2-12-3-6-14(7-4-12)17-11-25-19(22-17)23-18(24)10-13-5-8-15(20)16(21)9-13/h3-9,11H,2,10H2,1H3,(H,22,23,24). The van der Waals surface area contributed by atoms with Crippen molar-refractivity contribution in [2.45, 2.75) is 19.8 Å². The number of thiazole rings is 1. The molecule has 0 saturated heterocycles. The van der Waals surface area contributed by atoms with Crippen LogP contribution >= 0.6 is 34.5 Å². The summed E-state index contributed by atoms with van der Waals surface area (Å²) < 4.78 is 0. The monoisotopic (exact) mass is 390 g/mol. The summed E-state index contributed by atoms with van der Waals surface area (Å²) >= 11 is 13.3. The third-order valence-electron chi connectivity index (χ3n) is 3.76. The van der Waals surface area contributed by atoms with Crippen molar-refractivity contribution in [1.82, 2.24) is 4.98 Å². The third-order valence-corrected chi connectivity index (χ3v) is 5.25. The Morgan fingerprint density at radius 1 is 1.08 bits per heavy atom. The van der Waals surface area contributed by atoms with Gasteiger partial charge in [-0.25, -0.2) is 4.98 Å². The molecule has 1 N–H and O–H groups in total. The number of carbonyl (C=O) groups excluding carboxylic acids is 1. The van der Waals surface area contributed by atoms with E-state index in [1.807, 2.05) is 5.38 Å². The molecule has 1 aromatic heterocycles. The van der Waals surface area contributed by atoms with E-state index >= 15 is 0 Å². The number of amides is 1. The van der Waals surface area contributed by atoms with Crippen LogP contribution < -0.4 is 5.32 Å². The molecule has 0 bridgehead atoms. The lowest BCUT2D eigenvalue weighted by atomic mass is 10.1. The molecule has 25 heavy (non-hydrogen) atoms. The van der Waals surface area contributed by atoms with Crippen LogP contribution in [0.5, 0.6) is 0 Å². The maximum atomic E-state index is 12.2. The molecule has 0 aliphatic carbocycles. The van der Waals surface area contributed by atoms with Gasteiger partial charge in [-0.05, 0) is 29.7 Å². The summed E-state index contributed by atoms with van der Waals surface area (Å²) in [6.45, 7) is 2.12. The number of carbonyl (C=O) groups is 1. The zero-order valence-electron chi connectivity index (χ0n) is 13.6. The number of anilines is 1. The number of halogens is 2. The lowest BCUT2D eigenvalue weighted by molar-refractivity contribution is -0.115. The second kappa shape index (κ2) is 8.00. The molecule has 6 heteroatoms. The molecule has 1 amide bonds. The SMILES string of the molecule is CCc1ccc(-c2csc(NC(=O)Cc3ccc(Cl)c(Cl)c3)n2)cc1. The molecule has 0 radical (unpaired) electrons. The molecule has 0 unspecified atom stereocenters. The van der Waals surface area contributed by atoms with Gasteiger partial charge < -0.3 is 5.32 Å². The molecule has 128 valence electrons. The number of rotatable bonds is 5. The van der Waals surface area contributed by atoms with E-state index in [0.29, 0.717) is 15.2 Å². The van der Waals surface area contributed by atoms with Gasteiger partial charge in [0.15, 0.2) is 5.13 Å². The molecule has 2 aromatic carbocycles.